The molecule has 0 aromatic heterocycles. The van der Waals surface area contributed by atoms with Crippen molar-refractivity contribution >= 4 is 5.71 Å². The third-order valence-corrected chi connectivity index (χ3v) is 8.69. The molecule has 0 heterocycles. The summed E-state index contributed by atoms with van der Waals surface area (Å²) < 4.78 is 0. The van der Waals surface area contributed by atoms with Gasteiger partial charge in [-0.25, -0.2) is 0 Å². The van der Waals surface area contributed by atoms with Crippen molar-refractivity contribution in [2.45, 2.75) is 105 Å². The van der Waals surface area contributed by atoms with Gasteiger partial charge in [-0.1, -0.05) is 88.4 Å². The fraction of sp³-hybridized carbons (Fsp3) is 0.656. The van der Waals surface area contributed by atoms with E-state index in [0.717, 1.165) is 49.0 Å². The summed E-state index contributed by atoms with van der Waals surface area (Å²) in [6.07, 6.45) is 16.4. The largest absolute Gasteiger partial charge is 0.393 e. The minimum atomic E-state index is -0.631. The molecule has 0 aliphatic heterocycles. The molecule has 3 aliphatic rings. The Morgan fingerprint density at radius 3 is 2.75 bits per heavy atom. The molecule has 0 spiro atoms. The van der Waals surface area contributed by atoms with Gasteiger partial charge < -0.3 is 15.1 Å². The van der Waals surface area contributed by atoms with E-state index in [2.05, 4.69) is 71.2 Å². The highest BCUT2D eigenvalue weighted by Gasteiger charge is 2.45. The SMILES string of the molecule is C=CCO/N=C(/CCC[C@@H](C)C1=CC[C@H]2/C(=C/C=C3/C[C@@H](O)C[C@H](O)C3=C)CCC[C@]12C)C(C)(C)C. The summed E-state index contributed by atoms with van der Waals surface area (Å²) >= 11 is 0. The fourth-order valence-corrected chi connectivity index (χ4v) is 6.54. The molecule has 4 nitrogen and oxygen atoms in total. The van der Waals surface area contributed by atoms with Gasteiger partial charge >= 0.3 is 0 Å². The van der Waals surface area contributed by atoms with Crippen molar-refractivity contribution in [3.63, 3.8) is 0 Å². The number of allylic oxidation sites excluding steroid dienone is 5. The summed E-state index contributed by atoms with van der Waals surface area (Å²) in [5.41, 5.74) is 6.25. The highest BCUT2D eigenvalue weighted by molar-refractivity contribution is 5.88. The van der Waals surface area contributed by atoms with Crippen LogP contribution < -0.4 is 0 Å². The van der Waals surface area contributed by atoms with E-state index >= 15 is 0 Å². The monoisotopic (exact) mass is 495 g/mol. The lowest BCUT2D eigenvalue weighted by molar-refractivity contribution is 0.0862. The van der Waals surface area contributed by atoms with Crippen LogP contribution in [0.1, 0.15) is 92.4 Å². The smallest absolute Gasteiger partial charge is 0.135 e. The van der Waals surface area contributed by atoms with Gasteiger partial charge in [-0.05, 0) is 79.8 Å². The zero-order valence-electron chi connectivity index (χ0n) is 23.4. The number of nitrogens with zero attached hydrogens (tertiary/aromatic N) is 1. The minimum absolute atomic E-state index is 0.00140. The summed E-state index contributed by atoms with van der Waals surface area (Å²) in [5, 5.41) is 24.7. The lowest BCUT2D eigenvalue weighted by Gasteiger charge is -2.42. The van der Waals surface area contributed by atoms with Crippen LogP contribution in [-0.2, 0) is 4.84 Å². The van der Waals surface area contributed by atoms with Crippen LogP contribution in [0.4, 0.5) is 0 Å². The Morgan fingerprint density at radius 2 is 2.06 bits per heavy atom. The van der Waals surface area contributed by atoms with Crippen LogP contribution in [0.5, 0.6) is 0 Å². The molecule has 0 saturated heterocycles. The first-order chi connectivity index (χ1) is 17.0. The van der Waals surface area contributed by atoms with Crippen LogP contribution in [-0.4, -0.2) is 34.7 Å². The van der Waals surface area contributed by atoms with Gasteiger partial charge in [-0.15, -0.1) is 0 Å². The highest BCUT2D eigenvalue weighted by atomic mass is 16.6. The van der Waals surface area contributed by atoms with Gasteiger partial charge in [-0.2, -0.15) is 0 Å². The molecule has 3 aliphatic carbocycles. The van der Waals surface area contributed by atoms with Gasteiger partial charge in [0.15, 0.2) is 0 Å². The molecular weight excluding hydrogens is 446 g/mol. The first-order valence-corrected chi connectivity index (χ1v) is 13.9. The van der Waals surface area contributed by atoms with E-state index in [4.69, 9.17) is 4.84 Å². The summed E-state index contributed by atoms with van der Waals surface area (Å²) in [4.78, 5) is 5.43. The first kappa shape index (κ1) is 28.7. The molecule has 3 rings (SSSR count). The lowest BCUT2D eigenvalue weighted by atomic mass is 9.62. The summed E-state index contributed by atoms with van der Waals surface area (Å²) in [6, 6.07) is 0. The molecule has 0 aromatic carbocycles. The van der Waals surface area contributed by atoms with Crippen molar-refractivity contribution in [3.05, 3.63) is 59.8 Å². The van der Waals surface area contributed by atoms with Gasteiger partial charge in [0.05, 0.1) is 17.9 Å². The van der Waals surface area contributed by atoms with Crippen molar-refractivity contribution < 1.29 is 15.1 Å². The molecule has 36 heavy (non-hydrogen) atoms. The lowest BCUT2D eigenvalue weighted by Crippen LogP contribution is -2.32. The molecule has 0 unspecified atom stereocenters. The molecule has 2 fully saturated rings. The normalized spacial score (nSPS) is 32.4. The first-order valence-electron chi connectivity index (χ1n) is 13.9. The molecule has 2 N–H and O–H groups in total. The fourth-order valence-electron chi connectivity index (χ4n) is 6.54. The van der Waals surface area contributed by atoms with Crippen molar-refractivity contribution in [1.29, 1.82) is 0 Å². The van der Waals surface area contributed by atoms with Crippen LogP contribution in [0, 0.1) is 22.7 Å². The van der Waals surface area contributed by atoms with Gasteiger partial charge in [0.25, 0.3) is 0 Å². The quantitative estimate of drug-likeness (QED) is 0.151. The Kier molecular flexibility index (Phi) is 9.62. The third-order valence-electron chi connectivity index (χ3n) is 8.69. The minimum Gasteiger partial charge on any atom is -0.393 e. The average Bonchev–Trinajstić information content (AvgIpc) is 3.16. The van der Waals surface area contributed by atoms with E-state index in [1.807, 2.05) is 0 Å². The topological polar surface area (TPSA) is 62.0 Å². The zero-order chi connectivity index (χ0) is 26.5. The van der Waals surface area contributed by atoms with Crippen LogP contribution in [0.15, 0.2) is 64.9 Å². The number of hydrogen-bond donors (Lipinski definition) is 2. The second-order valence-electron chi connectivity index (χ2n) is 12.5. The molecular formula is C32H49NO3. The molecule has 5 atom stereocenters. The van der Waals surface area contributed by atoms with E-state index in [1.54, 1.807) is 11.6 Å². The van der Waals surface area contributed by atoms with E-state index in [0.29, 0.717) is 31.3 Å². The van der Waals surface area contributed by atoms with E-state index < -0.39 is 12.2 Å². The van der Waals surface area contributed by atoms with E-state index in [1.165, 1.54) is 18.4 Å². The van der Waals surface area contributed by atoms with Gasteiger partial charge in [0.2, 0.25) is 0 Å². The summed E-state index contributed by atoms with van der Waals surface area (Å²) in [7, 11) is 0. The molecule has 0 amide bonds. The van der Waals surface area contributed by atoms with Gasteiger partial charge in [0.1, 0.15) is 6.61 Å². The maximum atomic E-state index is 10.2. The zero-order valence-corrected chi connectivity index (χ0v) is 23.4. The summed E-state index contributed by atoms with van der Waals surface area (Å²) in [5.74, 6) is 1.10. The Bertz CT molecular complexity index is 932. The predicted octanol–water partition coefficient (Wildman–Crippen LogP) is 7.46. The van der Waals surface area contributed by atoms with Gasteiger partial charge in [-0.3, -0.25) is 0 Å². The van der Waals surface area contributed by atoms with Crippen molar-refractivity contribution in [1.82, 2.24) is 0 Å². The Hall–Kier alpha value is -1.91. The summed E-state index contributed by atoms with van der Waals surface area (Å²) in [6.45, 7) is 19.7. The number of aliphatic hydroxyl groups excluding tert-OH is 2. The predicted molar refractivity (Wildman–Crippen MR) is 151 cm³/mol. The van der Waals surface area contributed by atoms with Crippen LogP contribution in [0.25, 0.3) is 0 Å². The average molecular weight is 496 g/mol. The number of aliphatic hydroxyl groups is 2. The maximum absolute atomic E-state index is 10.2. The van der Waals surface area contributed by atoms with Crippen molar-refractivity contribution in [2.75, 3.05) is 6.61 Å². The Morgan fingerprint density at radius 1 is 1.31 bits per heavy atom. The van der Waals surface area contributed by atoms with Crippen LogP contribution in [0.2, 0.25) is 0 Å². The molecule has 0 aromatic rings. The third kappa shape index (κ3) is 6.69. The number of hydrogen-bond acceptors (Lipinski definition) is 4. The van der Waals surface area contributed by atoms with E-state index in [9.17, 15) is 10.2 Å². The highest BCUT2D eigenvalue weighted by Crippen LogP contribution is 2.57. The maximum Gasteiger partial charge on any atom is 0.135 e. The second kappa shape index (κ2) is 12.1. The standard InChI is InChI=1S/C32H49NO3/c1-8-19-36-33-30(31(4,5)6)13-9-11-22(2)27-16-17-28-24(12-10-18-32(27,28)7)14-15-25-20-26(34)21-29(35)23(25)3/h8,14-16,22,26,28-29,34-35H,1,3,9-13,17-21H2,2,4-7H3/b24-14+,25-15-,33-30-/t22-,26-,28+,29+,32-/m1/s1. The number of fused-ring (bicyclic) bond motifs is 1. The molecule has 2 saturated carbocycles. The van der Waals surface area contributed by atoms with Crippen molar-refractivity contribution in [3.8, 4) is 0 Å². The Balaban J connectivity index is 1.65. The van der Waals surface area contributed by atoms with Gasteiger partial charge in [0, 0.05) is 11.8 Å². The molecule has 4 heteroatoms. The number of rotatable bonds is 9. The molecule has 0 radical (unpaired) electrons. The van der Waals surface area contributed by atoms with Crippen LogP contribution >= 0.6 is 0 Å². The van der Waals surface area contributed by atoms with Crippen molar-refractivity contribution in [2.24, 2.45) is 27.8 Å². The number of oxime groups is 1. The molecule has 200 valence electrons. The van der Waals surface area contributed by atoms with E-state index in [-0.39, 0.29) is 10.8 Å². The second-order valence-corrected chi connectivity index (χ2v) is 12.5. The molecule has 0 bridgehead atoms. The Labute approximate surface area is 219 Å². The van der Waals surface area contributed by atoms with Crippen LogP contribution in [0.3, 0.4) is 0 Å².